The molecule has 0 aliphatic heterocycles. The molecule has 0 bridgehead atoms. The van der Waals surface area contributed by atoms with E-state index in [9.17, 15) is 8.42 Å². The summed E-state index contributed by atoms with van der Waals surface area (Å²) in [7, 11) is -1.85. The van der Waals surface area contributed by atoms with Crippen molar-refractivity contribution in [3.05, 3.63) is 21.8 Å². The van der Waals surface area contributed by atoms with E-state index < -0.39 is 10.0 Å². The molecular weight excluding hydrogens is 353 g/mol. The molecule has 0 unspecified atom stereocenters. The molecule has 0 radical (unpaired) electrons. The molecule has 0 fully saturated rings. The lowest BCUT2D eigenvalue weighted by Gasteiger charge is -2.10. The molecule has 0 aliphatic rings. The van der Waals surface area contributed by atoms with Gasteiger partial charge in [-0.1, -0.05) is 13.8 Å². The minimum atomic E-state index is -3.41. The molecule has 0 saturated heterocycles. The Balaban J connectivity index is 2.96. The number of methoxy groups -OCH3 is 1. The Morgan fingerprint density at radius 3 is 2.53 bits per heavy atom. The van der Waals surface area contributed by atoms with E-state index in [2.05, 4.69) is 27.3 Å². The molecule has 1 N–H and O–H groups in total. The van der Waals surface area contributed by atoms with Gasteiger partial charge in [0.25, 0.3) is 0 Å². The Morgan fingerprint density at radius 1 is 1.41 bits per heavy atom. The predicted molar refractivity (Wildman–Crippen MR) is 75.7 cm³/mol. The molecule has 0 spiro atoms. The lowest BCUT2D eigenvalue weighted by atomic mass is 10.2. The van der Waals surface area contributed by atoms with Crippen LogP contribution in [0.5, 0.6) is 5.75 Å². The molecule has 0 saturated carbocycles. The molecule has 6 heteroatoms. The van der Waals surface area contributed by atoms with E-state index in [-0.39, 0.29) is 10.8 Å². The van der Waals surface area contributed by atoms with E-state index in [1.165, 1.54) is 0 Å². The Kier molecular flexibility index (Phi) is 5.21. The van der Waals surface area contributed by atoms with Gasteiger partial charge >= 0.3 is 0 Å². The monoisotopic (exact) mass is 369 g/mol. The average Bonchev–Trinajstić information content (AvgIpc) is 2.26. The zero-order valence-electron chi connectivity index (χ0n) is 10.0. The molecule has 0 aliphatic carbocycles. The van der Waals surface area contributed by atoms with Crippen molar-refractivity contribution in [2.24, 2.45) is 5.92 Å². The second-order valence-electron chi connectivity index (χ2n) is 4.04. The van der Waals surface area contributed by atoms with Gasteiger partial charge in [0.05, 0.1) is 15.6 Å². The van der Waals surface area contributed by atoms with Crippen molar-refractivity contribution >= 4 is 32.6 Å². The van der Waals surface area contributed by atoms with Gasteiger partial charge in [-0.15, -0.1) is 0 Å². The second-order valence-corrected chi connectivity index (χ2v) is 6.97. The maximum absolute atomic E-state index is 11.9. The van der Waals surface area contributed by atoms with Gasteiger partial charge in [0.15, 0.2) is 0 Å². The third kappa shape index (κ3) is 4.11. The lowest BCUT2D eigenvalue weighted by Crippen LogP contribution is -2.27. The van der Waals surface area contributed by atoms with Gasteiger partial charge in [-0.25, -0.2) is 13.1 Å². The maximum atomic E-state index is 11.9. The second kappa shape index (κ2) is 6.01. The largest absolute Gasteiger partial charge is 0.496 e. The first kappa shape index (κ1) is 14.7. The number of sulfonamides is 1. The SMILES string of the molecule is COc1ccc(S(=O)(=O)NCC(C)C)cc1I. The first-order valence-corrected chi connectivity index (χ1v) is 7.76. The van der Waals surface area contributed by atoms with Gasteiger partial charge in [-0.2, -0.15) is 0 Å². The average molecular weight is 369 g/mol. The summed E-state index contributed by atoms with van der Waals surface area (Å²) in [6.45, 7) is 4.35. The number of nitrogens with one attached hydrogen (secondary N) is 1. The molecule has 0 aromatic heterocycles. The van der Waals surface area contributed by atoms with E-state index in [1.54, 1.807) is 25.3 Å². The van der Waals surface area contributed by atoms with Crippen LogP contribution in [-0.2, 0) is 10.0 Å². The zero-order chi connectivity index (χ0) is 13.1. The van der Waals surface area contributed by atoms with Crippen molar-refractivity contribution in [3.63, 3.8) is 0 Å². The molecule has 4 nitrogen and oxygen atoms in total. The first-order chi connectivity index (χ1) is 7.86. The van der Waals surface area contributed by atoms with E-state index in [0.717, 1.165) is 3.57 Å². The van der Waals surface area contributed by atoms with Crippen molar-refractivity contribution in [2.45, 2.75) is 18.7 Å². The highest BCUT2D eigenvalue weighted by atomic mass is 127. The summed E-state index contributed by atoms with van der Waals surface area (Å²) in [5, 5.41) is 0. The Morgan fingerprint density at radius 2 is 2.06 bits per heavy atom. The van der Waals surface area contributed by atoms with Crippen LogP contribution in [0.15, 0.2) is 23.1 Å². The van der Waals surface area contributed by atoms with Crippen LogP contribution in [0.3, 0.4) is 0 Å². The third-order valence-corrected chi connectivity index (χ3v) is 4.38. The van der Waals surface area contributed by atoms with Crippen LogP contribution >= 0.6 is 22.6 Å². The van der Waals surface area contributed by atoms with Crippen molar-refractivity contribution in [3.8, 4) is 5.75 Å². The highest BCUT2D eigenvalue weighted by Crippen LogP contribution is 2.23. The van der Waals surface area contributed by atoms with Crippen LogP contribution in [0, 0.1) is 9.49 Å². The minimum Gasteiger partial charge on any atom is -0.496 e. The van der Waals surface area contributed by atoms with Crippen molar-refractivity contribution in [1.82, 2.24) is 4.72 Å². The molecule has 1 rings (SSSR count). The van der Waals surface area contributed by atoms with Crippen LogP contribution in [0.1, 0.15) is 13.8 Å². The van der Waals surface area contributed by atoms with Crippen molar-refractivity contribution in [2.75, 3.05) is 13.7 Å². The fraction of sp³-hybridized carbons (Fsp3) is 0.455. The summed E-state index contributed by atoms with van der Waals surface area (Å²) < 4.78 is 32.3. The first-order valence-electron chi connectivity index (χ1n) is 5.20. The molecule has 1 aromatic carbocycles. The number of hydrogen-bond donors (Lipinski definition) is 1. The number of rotatable bonds is 5. The number of hydrogen-bond acceptors (Lipinski definition) is 3. The quantitative estimate of drug-likeness (QED) is 0.810. The Labute approximate surface area is 116 Å². The topological polar surface area (TPSA) is 55.4 Å². The summed E-state index contributed by atoms with van der Waals surface area (Å²) in [6.07, 6.45) is 0. The van der Waals surface area contributed by atoms with Gasteiger partial charge in [-0.05, 0) is 46.7 Å². The van der Waals surface area contributed by atoms with Crippen LogP contribution in [0.25, 0.3) is 0 Å². The fourth-order valence-electron chi connectivity index (χ4n) is 1.17. The predicted octanol–water partition coefficient (Wildman–Crippen LogP) is 2.23. The summed E-state index contributed by atoms with van der Waals surface area (Å²) in [6, 6.07) is 4.80. The standard InChI is InChI=1S/C11H16INO3S/c1-8(2)7-13-17(14,15)9-4-5-11(16-3)10(12)6-9/h4-6,8,13H,7H2,1-3H3. The highest BCUT2D eigenvalue weighted by Gasteiger charge is 2.15. The molecule has 0 heterocycles. The van der Waals surface area contributed by atoms with Crippen LogP contribution in [0.2, 0.25) is 0 Å². The van der Waals surface area contributed by atoms with Crippen LogP contribution < -0.4 is 9.46 Å². The molecule has 0 amide bonds. The van der Waals surface area contributed by atoms with Gasteiger partial charge in [0.2, 0.25) is 10.0 Å². The Hall–Kier alpha value is -0.340. The maximum Gasteiger partial charge on any atom is 0.240 e. The van der Waals surface area contributed by atoms with Crippen LogP contribution in [-0.4, -0.2) is 22.1 Å². The van der Waals surface area contributed by atoms with E-state index >= 15 is 0 Å². The van der Waals surface area contributed by atoms with Gasteiger partial charge in [-0.3, -0.25) is 0 Å². The summed E-state index contributed by atoms with van der Waals surface area (Å²) in [4.78, 5) is 0.267. The Bertz CT molecular complexity index is 485. The van der Waals surface area contributed by atoms with Gasteiger partial charge < -0.3 is 4.74 Å². The van der Waals surface area contributed by atoms with Gasteiger partial charge in [0, 0.05) is 6.54 Å². The van der Waals surface area contributed by atoms with E-state index in [1.807, 2.05) is 13.8 Å². The third-order valence-electron chi connectivity index (χ3n) is 2.12. The van der Waals surface area contributed by atoms with Crippen molar-refractivity contribution in [1.29, 1.82) is 0 Å². The molecule has 17 heavy (non-hydrogen) atoms. The number of benzene rings is 1. The summed E-state index contributed by atoms with van der Waals surface area (Å²) in [5.74, 6) is 0.954. The number of ether oxygens (including phenoxy) is 1. The van der Waals surface area contributed by atoms with Crippen LogP contribution in [0.4, 0.5) is 0 Å². The highest BCUT2D eigenvalue weighted by molar-refractivity contribution is 14.1. The van der Waals surface area contributed by atoms with Gasteiger partial charge in [0.1, 0.15) is 5.75 Å². The summed E-state index contributed by atoms with van der Waals surface area (Å²) >= 11 is 2.05. The molecule has 1 aromatic rings. The smallest absolute Gasteiger partial charge is 0.240 e. The van der Waals surface area contributed by atoms with Crippen molar-refractivity contribution < 1.29 is 13.2 Å². The normalized spacial score (nSPS) is 11.8. The molecule has 0 atom stereocenters. The zero-order valence-corrected chi connectivity index (χ0v) is 13.0. The minimum absolute atomic E-state index is 0.267. The number of halogens is 1. The lowest BCUT2D eigenvalue weighted by molar-refractivity contribution is 0.411. The van der Waals surface area contributed by atoms with E-state index in [0.29, 0.717) is 12.3 Å². The summed E-state index contributed by atoms with van der Waals surface area (Å²) in [5.41, 5.74) is 0. The van der Waals surface area contributed by atoms with E-state index in [4.69, 9.17) is 4.74 Å². The molecule has 96 valence electrons. The fourth-order valence-corrected chi connectivity index (χ4v) is 3.36. The molecular formula is C11H16INO3S.